The Morgan fingerprint density at radius 2 is 1.84 bits per heavy atom. The van der Waals surface area contributed by atoms with Crippen LogP contribution >= 0.6 is 0 Å². The Balaban J connectivity index is 0.00000231. The molecule has 2 heterocycles. The Morgan fingerprint density at radius 3 is 2.48 bits per heavy atom. The summed E-state index contributed by atoms with van der Waals surface area (Å²) in [6.45, 7) is 1.52. The largest absolute Gasteiger partial charge is 1.00 e. The Bertz CT molecular complexity index is 1210. The molecule has 1 aliphatic carbocycles. The van der Waals surface area contributed by atoms with Gasteiger partial charge in [0, 0.05) is 16.7 Å². The van der Waals surface area contributed by atoms with Crippen LogP contribution in [0.5, 0.6) is 0 Å². The van der Waals surface area contributed by atoms with Gasteiger partial charge in [0.25, 0.3) is 0 Å². The predicted molar refractivity (Wildman–Crippen MR) is 103 cm³/mol. The van der Waals surface area contributed by atoms with E-state index in [2.05, 4.69) is 0 Å². The van der Waals surface area contributed by atoms with Gasteiger partial charge in [0.15, 0.2) is 5.78 Å². The van der Waals surface area contributed by atoms with Crippen LogP contribution in [0.1, 0.15) is 45.2 Å². The number of aliphatic hydroxyl groups excluding tert-OH is 1. The number of fused-ring (bicyclic) bond motifs is 4. The van der Waals surface area contributed by atoms with E-state index in [-0.39, 0.29) is 47.5 Å². The van der Waals surface area contributed by atoms with Crippen LogP contribution in [0.4, 0.5) is 0 Å². The second-order valence-corrected chi connectivity index (χ2v) is 7.87. The summed E-state index contributed by atoms with van der Waals surface area (Å²) in [7, 11) is 0. The summed E-state index contributed by atoms with van der Waals surface area (Å²) in [4.78, 5) is 49.2. The SMILES string of the molecule is C[C@@H](O)[C@H]1C(=O)N2C(C(=O)[O-])=C(c3ccc4c(c3)-c3ccc(C=O)cc3C4=O)C[C@H]12.[Na+]. The number of carbonyl (C=O) groups excluding carboxylic acids is 4. The standard InChI is InChI=1S/C23H17NO6.Na/c1-10(26)19-18-8-15(20(23(29)30)24(18)22(19)28)12-3-5-14-16(7-12)13-4-2-11(9-25)6-17(13)21(14)27;/h2-7,9-10,18-19,26H,8H2,1H3,(H,29,30);/q;+1/p-1/t10-,18-,19-;/m1./s1. The van der Waals surface area contributed by atoms with Gasteiger partial charge in [-0.05, 0) is 53.8 Å². The van der Waals surface area contributed by atoms with Crippen LogP contribution < -0.4 is 34.7 Å². The molecule has 31 heavy (non-hydrogen) atoms. The quantitative estimate of drug-likeness (QED) is 0.288. The van der Waals surface area contributed by atoms with E-state index in [4.69, 9.17) is 0 Å². The van der Waals surface area contributed by atoms with Crippen molar-refractivity contribution in [2.45, 2.75) is 25.5 Å². The molecule has 8 heteroatoms. The zero-order valence-corrected chi connectivity index (χ0v) is 18.9. The van der Waals surface area contributed by atoms with Crippen molar-refractivity contribution in [3.05, 3.63) is 64.3 Å². The fourth-order valence-electron chi connectivity index (χ4n) is 4.87. The molecule has 0 saturated carbocycles. The Hall–Kier alpha value is -2.58. The number of β-lactam (4-membered cyclic amide) rings is 1. The topological polar surface area (TPSA) is 115 Å². The zero-order chi connectivity index (χ0) is 21.3. The van der Waals surface area contributed by atoms with Crippen molar-refractivity contribution in [2.24, 2.45) is 5.92 Å². The molecule has 7 nitrogen and oxygen atoms in total. The second kappa shape index (κ2) is 7.53. The second-order valence-electron chi connectivity index (χ2n) is 7.87. The van der Waals surface area contributed by atoms with E-state index >= 15 is 0 Å². The van der Waals surface area contributed by atoms with Gasteiger partial charge in [-0.2, -0.15) is 0 Å². The number of nitrogens with zero attached hydrogens (tertiary/aromatic N) is 1. The van der Waals surface area contributed by atoms with Gasteiger partial charge in [-0.3, -0.25) is 14.4 Å². The Morgan fingerprint density at radius 1 is 1.13 bits per heavy atom. The summed E-state index contributed by atoms with van der Waals surface area (Å²) in [6, 6.07) is 9.50. The number of carboxylic acids is 1. The molecular formula is C23H16NNaO6. The predicted octanol–water partition coefficient (Wildman–Crippen LogP) is -2.21. The first-order valence-electron chi connectivity index (χ1n) is 9.58. The van der Waals surface area contributed by atoms with Crippen molar-refractivity contribution in [2.75, 3.05) is 0 Å². The number of hydrogen-bond acceptors (Lipinski definition) is 6. The summed E-state index contributed by atoms with van der Waals surface area (Å²) < 4.78 is 0. The van der Waals surface area contributed by atoms with E-state index in [9.17, 15) is 29.4 Å². The maximum Gasteiger partial charge on any atom is 1.00 e. The van der Waals surface area contributed by atoms with E-state index in [1.807, 2.05) is 0 Å². The van der Waals surface area contributed by atoms with E-state index < -0.39 is 29.9 Å². The van der Waals surface area contributed by atoms with Crippen LogP contribution in [0.3, 0.4) is 0 Å². The fourth-order valence-corrected chi connectivity index (χ4v) is 4.87. The van der Waals surface area contributed by atoms with Crippen LogP contribution in [0, 0.1) is 5.92 Å². The number of carboxylic acid groups (broad SMARTS) is 1. The van der Waals surface area contributed by atoms with E-state index in [1.54, 1.807) is 36.4 Å². The molecule has 0 bridgehead atoms. The molecule has 2 aromatic rings. The molecule has 1 N–H and O–H groups in total. The molecule has 0 radical (unpaired) electrons. The summed E-state index contributed by atoms with van der Waals surface area (Å²) in [5.41, 5.74) is 3.50. The first kappa shape index (κ1) is 21.6. The monoisotopic (exact) mass is 425 g/mol. The Kier molecular flexibility index (Phi) is 5.26. The van der Waals surface area contributed by atoms with E-state index in [0.29, 0.717) is 45.2 Å². The van der Waals surface area contributed by atoms with Crippen LogP contribution in [0.15, 0.2) is 42.1 Å². The van der Waals surface area contributed by atoms with E-state index in [1.165, 1.54) is 11.8 Å². The van der Waals surface area contributed by atoms with Gasteiger partial charge < -0.3 is 19.9 Å². The van der Waals surface area contributed by atoms with Crippen molar-refractivity contribution in [3.63, 3.8) is 0 Å². The molecular weight excluding hydrogens is 409 g/mol. The van der Waals surface area contributed by atoms with Crippen molar-refractivity contribution >= 4 is 29.5 Å². The minimum absolute atomic E-state index is 0. The summed E-state index contributed by atoms with van der Waals surface area (Å²) in [5, 5.41) is 21.7. The molecule has 0 unspecified atom stereocenters. The molecule has 0 aromatic heterocycles. The van der Waals surface area contributed by atoms with Gasteiger partial charge in [-0.25, -0.2) is 0 Å². The number of ketones is 1. The van der Waals surface area contributed by atoms with Gasteiger partial charge in [-0.15, -0.1) is 0 Å². The first-order valence-corrected chi connectivity index (χ1v) is 9.58. The summed E-state index contributed by atoms with van der Waals surface area (Å²) in [6.07, 6.45) is 0.0867. The maximum absolute atomic E-state index is 12.7. The maximum atomic E-state index is 12.7. The van der Waals surface area contributed by atoms with Gasteiger partial charge in [0.1, 0.15) is 6.29 Å². The van der Waals surface area contributed by atoms with Gasteiger partial charge in [0.2, 0.25) is 5.91 Å². The Labute approximate surface area is 199 Å². The van der Waals surface area contributed by atoms with Crippen LogP contribution in [0.25, 0.3) is 16.7 Å². The molecule has 2 aliphatic heterocycles. The minimum atomic E-state index is -1.45. The smallest absolute Gasteiger partial charge is 0.543 e. The minimum Gasteiger partial charge on any atom is -0.543 e. The molecule has 3 atom stereocenters. The number of rotatable bonds is 4. The third kappa shape index (κ3) is 2.96. The van der Waals surface area contributed by atoms with Crippen LogP contribution in [-0.2, 0) is 9.59 Å². The van der Waals surface area contributed by atoms with Crippen molar-refractivity contribution < 1.29 is 58.9 Å². The number of aldehydes is 1. The molecule has 0 spiro atoms. The normalized spacial score (nSPS) is 21.7. The molecule has 150 valence electrons. The number of hydrogen-bond donors (Lipinski definition) is 1. The van der Waals surface area contributed by atoms with Gasteiger partial charge in [0.05, 0.1) is 29.7 Å². The van der Waals surface area contributed by atoms with Crippen molar-refractivity contribution in [1.82, 2.24) is 4.90 Å². The molecule has 1 amide bonds. The molecule has 1 fully saturated rings. The van der Waals surface area contributed by atoms with E-state index in [0.717, 1.165) is 0 Å². The fraction of sp³-hybridized carbons (Fsp3) is 0.217. The third-order valence-corrected chi connectivity index (χ3v) is 6.25. The number of amides is 1. The molecule has 2 aromatic carbocycles. The third-order valence-electron chi connectivity index (χ3n) is 6.25. The van der Waals surface area contributed by atoms with Gasteiger partial charge in [-0.1, -0.05) is 18.2 Å². The molecule has 3 aliphatic rings. The molecule has 5 rings (SSSR count). The summed E-state index contributed by atoms with van der Waals surface area (Å²) in [5.74, 6) is -2.70. The van der Waals surface area contributed by atoms with Crippen LogP contribution in [-0.4, -0.2) is 46.1 Å². The number of carbonyl (C=O) groups is 4. The zero-order valence-electron chi connectivity index (χ0n) is 16.9. The van der Waals surface area contributed by atoms with Crippen LogP contribution in [0.2, 0.25) is 0 Å². The molecule has 1 saturated heterocycles. The summed E-state index contributed by atoms with van der Waals surface area (Å²) >= 11 is 0. The number of benzene rings is 2. The number of aliphatic carboxylic acids is 1. The number of aliphatic hydroxyl groups is 1. The van der Waals surface area contributed by atoms with Crippen molar-refractivity contribution in [3.8, 4) is 11.1 Å². The van der Waals surface area contributed by atoms with Crippen molar-refractivity contribution in [1.29, 1.82) is 0 Å². The average Bonchev–Trinajstić information content (AvgIpc) is 3.20. The van der Waals surface area contributed by atoms with Gasteiger partial charge >= 0.3 is 29.6 Å². The first-order chi connectivity index (χ1) is 14.3. The average molecular weight is 425 g/mol.